The van der Waals surface area contributed by atoms with E-state index in [9.17, 15) is 8.42 Å². The number of benzene rings is 1. The summed E-state index contributed by atoms with van der Waals surface area (Å²) in [6, 6.07) is 6.87. The first kappa shape index (κ1) is 16.8. The van der Waals surface area contributed by atoms with Crippen molar-refractivity contribution in [1.29, 1.82) is 0 Å². The summed E-state index contributed by atoms with van der Waals surface area (Å²) in [6.07, 6.45) is 3.77. The van der Waals surface area contributed by atoms with Crippen LogP contribution in [0.3, 0.4) is 0 Å². The van der Waals surface area contributed by atoms with Crippen molar-refractivity contribution in [1.82, 2.24) is 9.62 Å². The van der Waals surface area contributed by atoms with Crippen LogP contribution < -0.4 is 11.1 Å². The first-order valence-corrected chi connectivity index (χ1v) is 8.89. The lowest BCUT2D eigenvalue weighted by atomic mass is 9.85. The summed E-state index contributed by atoms with van der Waals surface area (Å²) in [5, 5.41) is 3.10. The van der Waals surface area contributed by atoms with Crippen LogP contribution in [-0.2, 0) is 16.6 Å². The van der Waals surface area contributed by atoms with Gasteiger partial charge in [0, 0.05) is 20.6 Å². The molecule has 1 fully saturated rings. The molecule has 0 radical (unpaired) electrons. The Kier molecular flexibility index (Phi) is 5.42. The van der Waals surface area contributed by atoms with Gasteiger partial charge in [0.1, 0.15) is 0 Å². The lowest BCUT2D eigenvalue weighted by Crippen LogP contribution is -2.37. The second kappa shape index (κ2) is 7.11. The summed E-state index contributed by atoms with van der Waals surface area (Å²) in [4.78, 5) is 4.53. The summed E-state index contributed by atoms with van der Waals surface area (Å²) in [7, 11) is -0.438. The van der Waals surface area contributed by atoms with Gasteiger partial charge in [0.2, 0.25) is 10.0 Å². The lowest BCUT2D eigenvalue weighted by molar-refractivity contribution is 0.315. The van der Waals surface area contributed by atoms with Crippen molar-refractivity contribution in [2.75, 3.05) is 20.6 Å². The van der Waals surface area contributed by atoms with Gasteiger partial charge >= 0.3 is 0 Å². The molecule has 1 aromatic carbocycles. The third-order valence-electron chi connectivity index (χ3n) is 3.95. The molecule has 0 amide bonds. The molecule has 0 spiro atoms. The number of nitrogens with two attached hydrogens (primary N) is 1. The summed E-state index contributed by atoms with van der Waals surface area (Å²) >= 11 is 0. The van der Waals surface area contributed by atoms with Crippen molar-refractivity contribution < 1.29 is 8.42 Å². The smallest absolute Gasteiger partial charge is 0.242 e. The van der Waals surface area contributed by atoms with E-state index in [1.54, 1.807) is 24.3 Å². The minimum absolute atomic E-state index is 0.243. The normalized spacial score (nSPS) is 16.6. The number of nitrogens with one attached hydrogen (secondary N) is 1. The molecule has 3 N–H and O–H groups in total. The fourth-order valence-electron chi connectivity index (χ4n) is 2.25. The van der Waals surface area contributed by atoms with E-state index in [4.69, 9.17) is 5.73 Å². The molecule has 1 saturated carbocycles. The first-order chi connectivity index (χ1) is 10.4. The maximum absolute atomic E-state index is 12.3. The van der Waals surface area contributed by atoms with Crippen LogP contribution in [-0.4, -0.2) is 39.3 Å². The van der Waals surface area contributed by atoms with Crippen LogP contribution in [0.5, 0.6) is 0 Å². The fraction of sp³-hybridized carbons (Fsp3) is 0.533. The Morgan fingerprint density at radius 1 is 1.36 bits per heavy atom. The monoisotopic (exact) mass is 324 g/mol. The number of nitrogens with zero attached hydrogens (tertiary/aromatic N) is 2. The zero-order chi connectivity index (χ0) is 16.2. The van der Waals surface area contributed by atoms with Crippen molar-refractivity contribution in [3.8, 4) is 0 Å². The Labute approximate surface area is 132 Å². The predicted molar refractivity (Wildman–Crippen MR) is 88.0 cm³/mol. The second-order valence-electron chi connectivity index (χ2n) is 5.77. The quantitative estimate of drug-likeness (QED) is 0.607. The summed E-state index contributed by atoms with van der Waals surface area (Å²) in [5.74, 6) is 1.05. The van der Waals surface area contributed by atoms with Crippen LogP contribution in [0.15, 0.2) is 34.2 Å². The van der Waals surface area contributed by atoms with E-state index in [1.165, 1.54) is 37.7 Å². The number of sulfonamides is 1. The van der Waals surface area contributed by atoms with Gasteiger partial charge in [0.15, 0.2) is 5.96 Å². The highest BCUT2D eigenvalue weighted by atomic mass is 32.2. The van der Waals surface area contributed by atoms with E-state index in [-0.39, 0.29) is 11.4 Å². The number of hydrogen-bond donors (Lipinski definition) is 2. The molecule has 0 bridgehead atoms. The zero-order valence-corrected chi connectivity index (χ0v) is 13.9. The average Bonchev–Trinajstić information content (AvgIpc) is 2.43. The van der Waals surface area contributed by atoms with Gasteiger partial charge in [-0.1, -0.05) is 24.6 Å². The standard InChI is InChI=1S/C15H24N4O2S/c1-19(2)22(20,21)14-9-4-3-8-13(14)11-18-15(16)17-10-12-6-5-7-12/h3-4,8-9,12H,5-7,10-11H2,1-2H3,(H3,16,17,18). The Hall–Kier alpha value is -1.60. The van der Waals surface area contributed by atoms with E-state index in [1.807, 2.05) is 0 Å². The molecule has 7 heteroatoms. The van der Waals surface area contributed by atoms with E-state index in [0.29, 0.717) is 17.4 Å². The molecule has 1 aliphatic rings. The van der Waals surface area contributed by atoms with Crippen molar-refractivity contribution in [2.24, 2.45) is 16.6 Å². The third kappa shape index (κ3) is 3.98. The Bertz CT molecular complexity index is 637. The fourth-order valence-corrected chi connectivity index (χ4v) is 3.36. The van der Waals surface area contributed by atoms with Crippen molar-refractivity contribution in [2.45, 2.75) is 30.7 Å². The first-order valence-electron chi connectivity index (χ1n) is 7.45. The summed E-state index contributed by atoms with van der Waals surface area (Å²) < 4.78 is 25.8. The molecular weight excluding hydrogens is 300 g/mol. The SMILES string of the molecule is CN(C)S(=O)(=O)c1ccccc1CN=C(N)NCC1CCC1. The maximum Gasteiger partial charge on any atom is 0.242 e. The highest BCUT2D eigenvalue weighted by Crippen LogP contribution is 2.25. The molecule has 0 unspecified atom stereocenters. The average molecular weight is 324 g/mol. The maximum atomic E-state index is 12.3. The summed E-state index contributed by atoms with van der Waals surface area (Å²) in [6.45, 7) is 1.08. The minimum Gasteiger partial charge on any atom is -0.370 e. The van der Waals surface area contributed by atoms with Gasteiger partial charge in [-0.05, 0) is 30.4 Å². The predicted octanol–water partition coefficient (Wildman–Crippen LogP) is 1.14. The Morgan fingerprint density at radius 2 is 2.05 bits per heavy atom. The number of aliphatic imine (C=N–C) groups is 1. The topological polar surface area (TPSA) is 87.8 Å². The molecule has 1 aliphatic carbocycles. The summed E-state index contributed by atoms with van der Waals surface area (Å²) in [5.41, 5.74) is 6.49. The van der Waals surface area contributed by atoms with E-state index < -0.39 is 10.0 Å². The highest BCUT2D eigenvalue weighted by Gasteiger charge is 2.20. The van der Waals surface area contributed by atoms with Gasteiger partial charge in [-0.25, -0.2) is 17.7 Å². The van der Waals surface area contributed by atoms with E-state index in [2.05, 4.69) is 10.3 Å². The van der Waals surface area contributed by atoms with Crippen molar-refractivity contribution >= 4 is 16.0 Å². The largest absolute Gasteiger partial charge is 0.370 e. The van der Waals surface area contributed by atoms with Crippen LogP contribution in [0.4, 0.5) is 0 Å². The van der Waals surface area contributed by atoms with Crippen LogP contribution >= 0.6 is 0 Å². The number of rotatable bonds is 6. The molecule has 0 saturated heterocycles. The van der Waals surface area contributed by atoms with Crippen molar-refractivity contribution in [3.63, 3.8) is 0 Å². The van der Waals surface area contributed by atoms with Crippen LogP contribution in [0.2, 0.25) is 0 Å². The Balaban J connectivity index is 2.06. The molecule has 0 atom stereocenters. The lowest BCUT2D eigenvalue weighted by Gasteiger charge is -2.25. The molecule has 1 aromatic rings. The van der Waals surface area contributed by atoms with E-state index >= 15 is 0 Å². The van der Waals surface area contributed by atoms with Gasteiger partial charge in [-0.15, -0.1) is 0 Å². The van der Waals surface area contributed by atoms with E-state index in [0.717, 1.165) is 6.54 Å². The molecule has 2 rings (SSSR count). The zero-order valence-electron chi connectivity index (χ0n) is 13.1. The molecular formula is C15H24N4O2S. The Morgan fingerprint density at radius 3 is 2.64 bits per heavy atom. The molecule has 0 aromatic heterocycles. The molecule has 122 valence electrons. The van der Waals surface area contributed by atoms with Gasteiger partial charge in [-0.3, -0.25) is 0 Å². The van der Waals surface area contributed by atoms with Gasteiger partial charge in [0.25, 0.3) is 0 Å². The van der Waals surface area contributed by atoms with Gasteiger partial charge in [-0.2, -0.15) is 0 Å². The van der Waals surface area contributed by atoms with Crippen LogP contribution in [0.1, 0.15) is 24.8 Å². The van der Waals surface area contributed by atoms with Crippen LogP contribution in [0.25, 0.3) is 0 Å². The second-order valence-corrected chi connectivity index (χ2v) is 7.89. The highest BCUT2D eigenvalue weighted by molar-refractivity contribution is 7.89. The number of hydrogen-bond acceptors (Lipinski definition) is 3. The molecule has 22 heavy (non-hydrogen) atoms. The third-order valence-corrected chi connectivity index (χ3v) is 5.86. The van der Waals surface area contributed by atoms with Gasteiger partial charge < -0.3 is 11.1 Å². The number of guanidine groups is 1. The molecule has 0 heterocycles. The molecule has 0 aliphatic heterocycles. The van der Waals surface area contributed by atoms with Gasteiger partial charge in [0.05, 0.1) is 11.4 Å². The minimum atomic E-state index is -3.47. The molecule has 6 nitrogen and oxygen atoms in total. The van der Waals surface area contributed by atoms with Crippen molar-refractivity contribution in [3.05, 3.63) is 29.8 Å². The van der Waals surface area contributed by atoms with Crippen LogP contribution in [0, 0.1) is 5.92 Å².